The fourth-order valence-corrected chi connectivity index (χ4v) is 3.41. The van der Waals surface area contributed by atoms with Crippen molar-refractivity contribution < 1.29 is 19.0 Å². The summed E-state index contributed by atoms with van der Waals surface area (Å²) in [6.07, 6.45) is -0.154. The van der Waals surface area contributed by atoms with E-state index in [1.54, 1.807) is 11.8 Å². The number of hydrogen-bond donors (Lipinski definition) is 1. The summed E-state index contributed by atoms with van der Waals surface area (Å²) in [5.41, 5.74) is 2.90. The molecule has 0 bridgehead atoms. The Morgan fingerprint density at radius 1 is 1.23 bits per heavy atom. The van der Waals surface area contributed by atoms with E-state index in [0.717, 1.165) is 22.6 Å². The minimum atomic E-state index is -0.283. The number of carbonyl (C=O) groups is 1. The van der Waals surface area contributed by atoms with E-state index in [9.17, 15) is 4.79 Å². The Labute approximate surface area is 174 Å². The second-order valence-electron chi connectivity index (χ2n) is 6.86. The van der Waals surface area contributed by atoms with Crippen molar-refractivity contribution in [3.8, 4) is 11.5 Å². The molecule has 0 radical (unpaired) electrons. The van der Waals surface area contributed by atoms with Crippen LogP contribution in [0.3, 0.4) is 0 Å². The molecule has 8 heteroatoms. The van der Waals surface area contributed by atoms with Gasteiger partial charge in [0, 0.05) is 12.1 Å². The van der Waals surface area contributed by atoms with Gasteiger partial charge in [0.25, 0.3) is 5.91 Å². The number of benzene rings is 2. The van der Waals surface area contributed by atoms with Gasteiger partial charge < -0.3 is 19.5 Å². The number of nitrogens with one attached hydrogen (secondary N) is 1. The summed E-state index contributed by atoms with van der Waals surface area (Å²) >= 11 is 0. The van der Waals surface area contributed by atoms with Crippen LogP contribution < -0.4 is 14.8 Å². The van der Waals surface area contributed by atoms with Crippen molar-refractivity contribution in [2.45, 2.75) is 32.7 Å². The first-order valence-electron chi connectivity index (χ1n) is 9.86. The number of amides is 1. The molecule has 1 aliphatic rings. The van der Waals surface area contributed by atoms with Crippen LogP contribution in [0.25, 0.3) is 0 Å². The average Bonchev–Trinajstić information content (AvgIpc) is 3.22. The average molecular weight is 408 g/mol. The highest BCUT2D eigenvalue weighted by atomic mass is 16.5. The van der Waals surface area contributed by atoms with Gasteiger partial charge in [0.2, 0.25) is 0 Å². The Hall–Kier alpha value is -3.39. The Balaban J connectivity index is 1.43. The number of nitrogens with zero attached hydrogens (tertiary/aromatic N) is 3. The molecule has 4 rings (SSSR count). The number of hydrogen-bond acceptors (Lipinski definition) is 6. The lowest BCUT2D eigenvalue weighted by Crippen LogP contribution is -2.27. The maximum Gasteiger partial charge on any atom is 0.274 e. The number of aromatic nitrogens is 3. The molecule has 8 nitrogen and oxygen atoms in total. The van der Waals surface area contributed by atoms with Crippen LogP contribution in [0.1, 0.15) is 40.3 Å². The Bertz CT molecular complexity index is 1020. The first-order chi connectivity index (χ1) is 14.7. The first-order valence-corrected chi connectivity index (χ1v) is 9.86. The van der Waals surface area contributed by atoms with Crippen molar-refractivity contribution >= 4 is 5.91 Å². The van der Waals surface area contributed by atoms with Gasteiger partial charge in [-0.05, 0) is 30.7 Å². The van der Waals surface area contributed by atoms with E-state index >= 15 is 0 Å². The number of rotatable bonds is 7. The molecule has 0 saturated carbocycles. The van der Waals surface area contributed by atoms with Crippen molar-refractivity contribution in [3.63, 3.8) is 0 Å². The molecule has 30 heavy (non-hydrogen) atoms. The topological polar surface area (TPSA) is 87.5 Å². The van der Waals surface area contributed by atoms with E-state index in [1.165, 1.54) is 0 Å². The van der Waals surface area contributed by atoms with Crippen molar-refractivity contribution in [2.24, 2.45) is 0 Å². The molecule has 1 atom stereocenters. The van der Waals surface area contributed by atoms with Gasteiger partial charge in [-0.2, -0.15) is 0 Å². The summed E-state index contributed by atoms with van der Waals surface area (Å²) in [6.45, 7) is 3.60. The zero-order valence-corrected chi connectivity index (χ0v) is 17.0. The summed E-state index contributed by atoms with van der Waals surface area (Å²) in [7, 11) is 1.63. The van der Waals surface area contributed by atoms with Gasteiger partial charge in [0.1, 0.15) is 17.6 Å². The van der Waals surface area contributed by atoms with Crippen LogP contribution >= 0.6 is 0 Å². The van der Waals surface area contributed by atoms with Crippen LogP contribution in [0.15, 0.2) is 48.5 Å². The number of fused-ring (bicyclic) bond motifs is 1. The minimum Gasteiger partial charge on any atom is -0.497 e. The predicted molar refractivity (Wildman–Crippen MR) is 109 cm³/mol. The monoisotopic (exact) mass is 408 g/mol. The third-order valence-corrected chi connectivity index (χ3v) is 5.01. The van der Waals surface area contributed by atoms with E-state index < -0.39 is 0 Å². The zero-order valence-electron chi connectivity index (χ0n) is 17.0. The van der Waals surface area contributed by atoms with Crippen molar-refractivity contribution in [2.75, 3.05) is 13.7 Å². The van der Waals surface area contributed by atoms with Gasteiger partial charge in [-0.15, -0.1) is 5.10 Å². The normalized spacial score (nSPS) is 15.3. The maximum absolute atomic E-state index is 12.7. The largest absolute Gasteiger partial charge is 0.497 e. The second-order valence-corrected chi connectivity index (χ2v) is 6.86. The van der Waals surface area contributed by atoms with E-state index in [2.05, 4.69) is 15.6 Å². The molecule has 3 aromatic rings. The SMILES string of the molecule is CCOc1ccccc1CNC(=O)c1nnn2c1COC(c1ccc(OC)cc1)C2. The molecule has 1 aromatic heterocycles. The highest BCUT2D eigenvalue weighted by Crippen LogP contribution is 2.28. The lowest BCUT2D eigenvalue weighted by Gasteiger charge is -2.24. The second kappa shape index (κ2) is 8.96. The van der Waals surface area contributed by atoms with E-state index in [4.69, 9.17) is 14.2 Å². The van der Waals surface area contributed by atoms with Crippen LogP contribution in [0.5, 0.6) is 11.5 Å². The van der Waals surface area contributed by atoms with Gasteiger partial charge in [0.05, 0.1) is 32.6 Å². The molecule has 0 saturated heterocycles. The van der Waals surface area contributed by atoms with Gasteiger partial charge in [0.15, 0.2) is 5.69 Å². The molecule has 0 spiro atoms. The highest BCUT2D eigenvalue weighted by molar-refractivity contribution is 5.93. The molecule has 156 valence electrons. The summed E-state index contributed by atoms with van der Waals surface area (Å²) in [4.78, 5) is 12.7. The van der Waals surface area contributed by atoms with Gasteiger partial charge in [-0.3, -0.25) is 4.79 Å². The molecule has 1 aliphatic heterocycles. The third kappa shape index (κ3) is 4.13. The smallest absolute Gasteiger partial charge is 0.274 e. The minimum absolute atomic E-state index is 0.154. The number of carbonyl (C=O) groups excluding carboxylic acids is 1. The first kappa shape index (κ1) is 19.9. The van der Waals surface area contributed by atoms with E-state index in [-0.39, 0.29) is 24.3 Å². The number of ether oxygens (including phenoxy) is 3. The van der Waals surface area contributed by atoms with Crippen LogP contribution in [0.4, 0.5) is 0 Å². The van der Waals surface area contributed by atoms with Crippen molar-refractivity contribution in [3.05, 3.63) is 71.0 Å². The fourth-order valence-electron chi connectivity index (χ4n) is 3.41. The standard InChI is InChI=1S/C22H24N4O4/c1-3-29-19-7-5-4-6-16(19)12-23-22(27)21-18-14-30-20(13-26(18)25-24-21)15-8-10-17(28-2)11-9-15/h4-11,20H,3,12-14H2,1-2H3,(H,23,27). The fraction of sp³-hybridized carbons (Fsp3) is 0.318. The number of para-hydroxylation sites is 1. The lowest BCUT2D eigenvalue weighted by molar-refractivity contribution is -0.00179. The molecule has 1 amide bonds. The van der Waals surface area contributed by atoms with Crippen LogP contribution in [-0.2, 0) is 24.4 Å². The van der Waals surface area contributed by atoms with Gasteiger partial charge in [-0.25, -0.2) is 4.68 Å². The van der Waals surface area contributed by atoms with Gasteiger partial charge >= 0.3 is 0 Å². The molecule has 2 aromatic carbocycles. The van der Waals surface area contributed by atoms with Crippen LogP contribution in [-0.4, -0.2) is 34.6 Å². The summed E-state index contributed by atoms with van der Waals surface area (Å²) in [5.74, 6) is 1.27. The lowest BCUT2D eigenvalue weighted by atomic mass is 10.1. The molecule has 0 aliphatic carbocycles. The molecule has 1 N–H and O–H groups in total. The quantitative estimate of drug-likeness (QED) is 0.647. The Morgan fingerprint density at radius 3 is 2.80 bits per heavy atom. The molecule has 1 unspecified atom stereocenters. The number of methoxy groups -OCH3 is 1. The van der Waals surface area contributed by atoms with Crippen LogP contribution in [0, 0.1) is 0 Å². The Kier molecular flexibility index (Phi) is 5.94. The summed E-state index contributed by atoms with van der Waals surface area (Å²) in [5, 5.41) is 11.2. The van der Waals surface area contributed by atoms with E-state index in [1.807, 2.05) is 55.5 Å². The maximum atomic E-state index is 12.7. The Morgan fingerprint density at radius 2 is 2.03 bits per heavy atom. The summed E-state index contributed by atoms with van der Waals surface area (Å²) in [6, 6.07) is 15.4. The highest BCUT2D eigenvalue weighted by Gasteiger charge is 2.27. The molecular formula is C22H24N4O4. The molecule has 0 fully saturated rings. The van der Waals surface area contributed by atoms with Crippen molar-refractivity contribution in [1.29, 1.82) is 0 Å². The predicted octanol–water partition coefficient (Wildman–Crippen LogP) is 2.89. The molecule has 2 heterocycles. The van der Waals surface area contributed by atoms with Gasteiger partial charge in [-0.1, -0.05) is 35.5 Å². The third-order valence-electron chi connectivity index (χ3n) is 5.01. The zero-order chi connectivity index (χ0) is 20.9. The summed E-state index contributed by atoms with van der Waals surface area (Å²) < 4.78 is 18.5. The van der Waals surface area contributed by atoms with Crippen molar-refractivity contribution in [1.82, 2.24) is 20.3 Å². The molecular weight excluding hydrogens is 384 g/mol. The van der Waals surface area contributed by atoms with E-state index in [0.29, 0.717) is 25.4 Å². The van der Waals surface area contributed by atoms with Crippen LogP contribution in [0.2, 0.25) is 0 Å².